The fourth-order valence-electron chi connectivity index (χ4n) is 2.88. The molecule has 0 fully saturated rings. The van der Waals surface area contributed by atoms with Gasteiger partial charge in [0.15, 0.2) is 0 Å². The fraction of sp³-hybridized carbons (Fsp3) is 0.130. The van der Waals surface area contributed by atoms with E-state index in [2.05, 4.69) is 10.9 Å². The third-order valence-electron chi connectivity index (χ3n) is 4.73. The van der Waals surface area contributed by atoms with Gasteiger partial charge in [-0.25, -0.2) is 12.8 Å². The second-order valence-corrected chi connectivity index (χ2v) is 9.23. The molecule has 3 aromatic rings. The minimum atomic E-state index is -3.65. The average Bonchev–Trinajstić information content (AvgIpc) is 2.78. The zero-order valence-electron chi connectivity index (χ0n) is 17.5. The molecule has 0 heterocycles. The third kappa shape index (κ3) is 5.57. The van der Waals surface area contributed by atoms with Crippen LogP contribution in [0.2, 0.25) is 0 Å². The van der Waals surface area contributed by atoms with Crippen molar-refractivity contribution in [1.82, 2.24) is 15.2 Å². The van der Waals surface area contributed by atoms with Crippen molar-refractivity contribution in [3.63, 3.8) is 0 Å². The highest BCUT2D eigenvalue weighted by atomic mass is 32.2. The molecule has 0 bridgehead atoms. The molecule has 0 atom stereocenters. The van der Waals surface area contributed by atoms with Crippen LogP contribution in [0.25, 0.3) is 0 Å². The second kappa shape index (κ2) is 9.71. The Bertz CT molecular complexity index is 1230. The maximum Gasteiger partial charge on any atom is 0.269 e. The molecule has 3 rings (SSSR count). The molecule has 0 radical (unpaired) electrons. The van der Waals surface area contributed by atoms with Crippen molar-refractivity contribution in [2.24, 2.45) is 0 Å². The molecule has 3 aromatic carbocycles. The number of carbonyl (C=O) groups is 2. The van der Waals surface area contributed by atoms with E-state index in [9.17, 15) is 22.4 Å². The average molecular weight is 456 g/mol. The third-order valence-corrected chi connectivity index (χ3v) is 6.54. The summed E-state index contributed by atoms with van der Waals surface area (Å²) in [5, 5.41) is 0. The molecule has 2 amide bonds. The first kappa shape index (κ1) is 23.1. The molecule has 0 spiro atoms. The summed E-state index contributed by atoms with van der Waals surface area (Å²) >= 11 is 0. The minimum Gasteiger partial charge on any atom is -0.267 e. The van der Waals surface area contributed by atoms with Gasteiger partial charge >= 0.3 is 0 Å². The lowest BCUT2D eigenvalue weighted by Crippen LogP contribution is -2.41. The number of rotatable bonds is 6. The van der Waals surface area contributed by atoms with Gasteiger partial charge in [-0.05, 0) is 55.0 Å². The summed E-state index contributed by atoms with van der Waals surface area (Å²) in [5.74, 6) is -1.78. The van der Waals surface area contributed by atoms with Crippen LogP contribution in [0, 0.1) is 12.7 Å². The van der Waals surface area contributed by atoms with Gasteiger partial charge in [-0.15, -0.1) is 0 Å². The summed E-state index contributed by atoms with van der Waals surface area (Å²) in [6, 6.07) is 18.0. The predicted molar refractivity (Wildman–Crippen MR) is 118 cm³/mol. The molecule has 0 saturated carbocycles. The van der Waals surface area contributed by atoms with Crippen molar-refractivity contribution in [2.75, 3.05) is 7.05 Å². The number of hydrazine groups is 1. The first-order chi connectivity index (χ1) is 15.2. The van der Waals surface area contributed by atoms with Gasteiger partial charge in [0.05, 0.1) is 4.90 Å². The van der Waals surface area contributed by atoms with Crippen LogP contribution in [0.1, 0.15) is 31.8 Å². The number of halogens is 1. The second-order valence-electron chi connectivity index (χ2n) is 7.19. The Kier molecular flexibility index (Phi) is 7.01. The molecule has 166 valence electrons. The van der Waals surface area contributed by atoms with Gasteiger partial charge in [-0.1, -0.05) is 35.9 Å². The highest BCUT2D eigenvalue weighted by Gasteiger charge is 2.20. The Balaban J connectivity index is 1.60. The number of sulfonamides is 1. The van der Waals surface area contributed by atoms with Crippen molar-refractivity contribution in [2.45, 2.75) is 18.4 Å². The Morgan fingerprint density at radius 2 is 1.47 bits per heavy atom. The van der Waals surface area contributed by atoms with Gasteiger partial charge < -0.3 is 0 Å². The van der Waals surface area contributed by atoms with Crippen LogP contribution in [0.15, 0.2) is 77.7 Å². The van der Waals surface area contributed by atoms with E-state index in [1.807, 2.05) is 6.92 Å². The summed E-state index contributed by atoms with van der Waals surface area (Å²) in [6.07, 6.45) is 0. The van der Waals surface area contributed by atoms with Crippen LogP contribution in [0.3, 0.4) is 0 Å². The van der Waals surface area contributed by atoms with E-state index < -0.39 is 27.7 Å². The molecular formula is C23H22FN3O4S. The molecule has 0 saturated heterocycles. The van der Waals surface area contributed by atoms with Gasteiger partial charge in [0.1, 0.15) is 5.82 Å². The Hall–Kier alpha value is -3.56. The molecule has 0 aliphatic heterocycles. The number of hydrogen-bond acceptors (Lipinski definition) is 4. The predicted octanol–water partition coefficient (Wildman–Crippen LogP) is 3.03. The molecule has 0 unspecified atom stereocenters. The summed E-state index contributed by atoms with van der Waals surface area (Å²) in [5.41, 5.74) is 6.46. The van der Waals surface area contributed by atoms with Crippen LogP contribution in [-0.4, -0.2) is 31.6 Å². The standard InChI is InChI=1S/C23H22FN3O4S/c1-16-6-12-21(13-7-16)32(30,31)27(2)15-17-8-10-18(11-9-17)22(28)25-26-23(29)19-4-3-5-20(24)14-19/h3-14H,15H2,1-2H3,(H,25,28)(H,26,29). The molecule has 7 nitrogen and oxygen atoms in total. The van der Waals surface area contributed by atoms with E-state index in [4.69, 9.17) is 0 Å². The van der Waals surface area contributed by atoms with Crippen LogP contribution in [0.5, 0.6) is 0 Å². The molecule has 9 heteroatoms. The van der Waals surface area contributed by atoms with E-state index in [-0.39, 0.29) is 22.6 Å². The number of hydrogen-bond donors (Lipinski definition) is 2. The van der Waals surface area contributed by atoms with Gasteiger partial charge in [0, 0.05) is 24.7 Å². The lowest BCUT2D eigenvalue weighted by atomic mass is 10.1. The zero-order valence-corrected chi connectivity index (χ0v) is 18.3. The maximum absolute atomic E-state index is 13.2. The quantitative estimate of drug-likeness (QED) is 0.559. The number of nitrogens with zero attached hydrogens (tertiary/aromatic N) is 1. The first-order valence-electron chi connectivity index (χ1n) is 9.65. The molecule has 32 heavy (non-hydrogen) atoms. The number of amides is 2. The van der Waals surface area contributed by atoms with Crippen LogP contribution in [0.4, 0.5) is 4.39 Å². The number of benzene rings is 3. The van der Waals surface area contributed by atoms with Gasteiger partial charge in [0.2, 0.25) is 10.0 Å². The van der Waals surface area contributed by atoms with Gasteiger partial charge in [-0.3, -0.25) is 20.4 Å². The van der Waals surface area contributed by atoms with Crippen molar-refractivity contribution in [3.8, 4) is 0 Å². The fourth-order valence-corrected chi connectivity index (χ4v) is 4.04. The summed E-state index contributed by atoms with van der Waals surface area (Å²) < 4.78 is 39.8. The van der Waals surface area contributed by atoms with Crippen LogP contribution in [-0.2, 0) is 16.6 Å². The lowest BCUT2D eigenvalue weighted by molar-refractivity contribution is 0.0846. The van der Waals surface area contributed by atoms with Crippen molar-refractivity contribution < 1.29 is 22.4 Å². The van der Waals surface area contributed by atoms with Crippen molar-refractivity contribution in [1.29, 1.82) is 0 Å². The molecular weight excluding hydrogens is 433 g/mol. The highest BCUT2D eigenvalue weighted by Crippen LogP contribution is 2.17. The van der Waals surface area contributed by atoms with Gasteiger partial charge in [-0.2, -0.15) is 4.31 Å². The summed E-state index contributed by atoms with van der Waals surface area (Å²) in [6.45, 7) is 2.00. The van der Waals surface area contributed by atoms with E-state index in [0.717, 1.165) is 11.6 Å². The number of aryl methyl sites for hydroxylation is 1. The topological polar surface area (TPSA) is 95.6 Å². The number of nitrogens with one attached hydrogen (secondary N) is 2. The van der Waals surface area contributed by atoms with Crippen molar-refractivity contribution >= 4 is 21.8 Å². The summed E-state index contributed by atoms with van der Waals surface area (Å²) in [7, 11) is -2.16. The molecule has 0 aromatic heterocycles. The van der Waals surface area contributed by atoms with Gasteiger partial charge in [0.25, 0.3) is 11.8 Å². The lowest BCUT2D eigenvalue weighted by Gasteiger charge is -2.17. The van der Waals surface area contributed by atoms with E-state index in [1.165, 1.54) is 41.7 Å². The monoisotopic (exact) mass is 455 g/mol. The van der Waals surface area contributed by atoms with E-state index >= 15 is 0 Å². The summed E-state index contributed by atoms with van der Waals surface area (Å²) in [4.78, 5) is 24.4. The smallest absolute Gasteiger partial charge is 0.267 e. The maximum atomic E-state index is 13.2. The number of carbonyl (C=O) groups excluding carboxylic acids is 2. The van der Waals surface area contributed by atoms with E-state index in [0.29, 0.717) is 5.56 Å². The molecule has 0 aliphatic carbocycles. The minimum absolute atomic E-state index is 0.0680. The van der Waals surface area contributed by atoms with Crippen molar-refractivity contribution in [3.05, 3.63) is 101 Å². The Labute approximate surface area is 185 Å². The highest BCUT2D eigenvalue weighted by molar-refractivity contribution is 7.89. The molecule has 2 N–H and O–H groups in total. The van der Waals surface area contributed by atoms with Crippen LogP contribution < -0.4 is 10.9 Å². The Morgan fingerprint density at radius 1 is 0.875 bits per heavy atom. The SMILES string of the molecule is Cc1ccc(S(=O)(=O)N(C)Cc2ccc(C(=O)NNC(=O)c3cccc(F)c3)cc2)cc1. The largest absolute Gasteiger partial charge is 0.269 e. The molecule has 0 aliphatic rings. The normalized spacial score (nSPS) is 11.2. The Morgan fingerprint density at radius 3 is 2.06 bits per heavy atom. The zero-order chi connectivity index (χ0) is 23.3. The van der Waals surface area contributed by atoms with Crippen LogP contribution >= 0.6 is 0 Å². The first-order valence-corrected chi connectivity index (χ1v) is 11.1. The van der Waals surface area contributed by atoms with E-state index in [1.54, 1.807) is 36.4 Å².